The Labute approximate surface area is 140 Å². The Balaban J connectivity index is 0.00000192. The first-order valence-electron chi connectivity index (χ1n) is 7.83. The number of nitrogens with one attached hydrogen (secondary N) is 1. The average molecular weight is 343 g/mol. The van der Waals surface area contributed by atoms with Crippen LogP contribution in [0.5, 0.6) is 0 Å². The lowest BCUT2D eigenvalue weighted by atomic mass is 9.65. The fourth-order valence-electron chi connectivity index (χ4n) is 3.83. The van der Waals surface area contributed by atoms with E-state index in [1.54, 1.807) is 0 Å². The molecule has 1 aromatic heterocycles. The zero-order valence-corrected chi connectivity index (χ0v) is 13.7. The first-order valence-corrected chi connectivity index (χ1v) is 7.83. The van der Waals surface area contributed by atoms with Crippen LogP contribution in [0.15, 0.2) is 10.6 Å². The Morgan fingerprint density at radius 1 is 1.30 bits per heavy atom. The van der Waals surface area contributed by atoms with Crippen LogP contribution in [0.2, 0.25) is 0 Å². The van der Waals surface area contributed by atoms with Gasteiger partial charge >= 0.3 is 0 Å². The van der Waals surface area contributed by atoms with Crippen LogP contribution >= 0.6 is 12.4 Å². The number of hydrogen-bond donors (Lipinski definition) is 3. The maximum Gasteiger partial charge on any atom is 0.270 e. The minimum Gasteiger partial charge on any atom is -0.364 e. The number of rotatable bonds is 4. The van der Waals surface area contributed by atoms with Gasteiger partial charge in [-0.15, -0.1) is 12.4 Å². The number of primary amides is 1. The maximum atomic E-state index is 12.3. The minimum absolute atomic E-state index is 0. The van der Waals surface area contributed by atoms with Gasteiger partial charge in [-0.2, -0.15) is 0 Å². The second-order valence-corrected chi connectivity index (χ2v) is 6.46. The van der Waals surface area contributed by atoms with Gasteiger partial charge < -0.3 is 21.3 Å². The summed E-state index contributed by atoms with van der Waals surface area (Å²) in [4.78, 5) is 23.3. The van der Waals surface area contributed by atoms with E-state index >= 15 is 0 Å². The van der Waals surface area contributed by atoms with Crippen LogP contribution in [-0.2, 0) is 11.3 Å². The minimum atomic E-state index is -0.643. The summed E-state index contributed by atoms with van der Waals surface area (Å²) in [5, 5.41) is 6.40. The molecule has 7 nitrogen and oxygen atoms in total. The Morgan fingerprint density at radius 2 is 1.96 bits per heavy atom. The van der Waals surface area contributed by atoms with Crippen molar-refractivity contribution in [1.82, 2.24) is 10.5 Å². The van der Waals surface area contributed by atoms with Gasteiger partial charge in [0.2, 0.25) is 5.91 Å². The summed E-state index contributed by atoms with van der Waals surface area (Å²) in [7, 11) is 0. The summed E-state index contributed by atoms with van der Waals surface area (Å²) in [6.45, 7) is 0.219. The molecule has 23 heavy (non-hydrogen) atoms. The summed E-state index contributed by atoms with van der Waals surface area (Å²) in [6.07, 6.45) is 5.22. The number of carbonyl (C=O) groups excluding carboxylic acids is 2. The van der Waals surface area contributed by atoms with Gasteiger partial charge in [0.15, 0.2) is 11.5 Å². The molecule has 5 N–H and O–H groups in total. The van der Waals surface area contributed by atoms with Crippen molar-refractivity contribution in [1.29, 1.82) is 0 Å². The molecule has 0 aliphatic heterocycles. The molecule has 0 spiro atoms. The smallest absolute Gasteiger partial charge is 0.270 e. The van der Waals surface area contributed by atoms with E-state index in [9.17, 15) is 9.59 Å². The molecule has 1 heterocycles. The Kier molecular flexibility index (Phi) is 5.64. The second-order valence-electron chi connectivity index (χ2n) is 6.46. The van der Waals surface area contributed by atoms with Gasteiger partial charge in [0.1, 0.15) is 0 Å². The number of fused-ring (bicyclic) bond motifs is 2. The molecule has 3 rings (SSSR count). The van der Waals surface area contributed by atoms with Crippen LogP contribution in [0.1, 0.15) is 48.4 Å². The lowest BCUT2D eigenvalue weighted by Gasteiger charge is -2.43. The van der Waals surface area contributed by atoms with Gasteiger partial charge in [-0.05, 0) is 37.5 Å². The van der Waals surface area contributed by atoms with Crippen molar-refractivity contribution >= 4 is 24.2 Å². The van der Waals surface area contributed by atoms with Crippen LogP contribution in [-0.4, -0.2) is 23.0 Å². The van der Waals surface area contributed by atoms with Gasteiger partial charge in [0.05, 0.1) is 6.54 Å². The summed E-state index contributed by atoms with van der Waals surface area (Å²) >= 11 is 0. The van der Waals surface area contributed by atoms with Crippen molar-refractivity contribution in [2.24, 2.45) is 29.2 Å². The van der Waals surface area contributed by atoms with E-state index in [1.807, 2.05) is 0 Å². The van der Waals surface area contributed by atoms with E-state index in [1.165, 1.54) is 12.5 Å². The van der Waals surface area contributed by atoms with Crippen molar-refractivity contribution in [3.63, 3.8) is 0 Å². The Bertz CT molecular complexity index is 563. The van der Waals surface area contributed by atoms with Crippen LogP contribution in [0.3, 0.4) is 0 Å². The monoisotopic (exact) mass is 342 g/mol. The van der Waals surface area contributed by atoms with Gasteiger partial charge in [-0.1, -0.05) is 11.6 Å². The number of nitrogens with zero attached hydrogens (tertiary/aromatic N) is 1. The largest absolute Gasteiger partial charge is 0.364 e. The van der Waals surface area contributed by atoms with E-state index in [0.29, 0.717) is 17.6 Å². The molecule has 128 valence electrons. The summed E-state index contributed by atoms with van der Waals surface area (Å²) < 4.78 is 4.97. The van der Waals surface area contributed by atoms with E-state index < -0.39 is 5.91 Å². The molecule has 2 amide bonds. The zero-order chi connectivity index (χ0) is 15.7. The van der Waals surface area contributed by atoms with Crippen molar-refractivity contribution < 1.29 is 14.1 Å². The first-order chi connectivity index (χ1) is 10.5. The van der Waals surface area contributed by atoms with Crippen LogP contribution in [0.25, 0.3) is 0 Å². The van der Waals surface area contributed by atoms with E-state index in [2.05, 4.69) is 10.5 Å². The normalized spacial score (nSPS) is 29.4. The highest BCUT2D eigenvalue weighted by Gasteiger charge is 2.40. The first kappa shape index (κ1) is 17.7. The third-order valence-corrected chi connectivity index (χ3v) is 5.03. The van der Waals surface area contributed by atoms with E-state index in [4.69, 9.17) is 16.0 Å². The average Bonchev–Trinajstić information content (AvgIpc) is 2.93. The molecule has 2 aliphatic carbocycles. The molecule has 2 atom stereocenters. The molecule has 2 saturated carbocycles. The topological polar surface area (TPSA) is 124 Å². The molecule has 2 bridgehead atoms. The molecular formula is C15H23ClN4O3. The molecular weight excluding hydrogens is 320 g/mol. The number of halogens is 1. The number of aromatic nitrogens is 1. The van der Waals surface area contributed by atoms with Crippen LogP contribution in [0.4, 0.5) is 0 Å². The molecule has 0 radical (unpaired) electrons. The van der Waals surface area contributed by atoms with Gasteiger partial charge in [-0.3, -0.25) is 9.59 Å². The Morgan fingerprint density at radius 3 is 2.52 bits per heavy atom. The van der Waals surface area contributed by atoms with Crippen molar-refractivity contribution in [2.45, 2.75) is 44.7 Å². The predicted molar refractivity (Wildman–Crippen MR) is 85.6 cm³/mol. The number of nitrogens with two attached hydrogens (primary N) is 2. The molecule has 0 saturated heterocycles. The fourth-order valence-corrected chi connectivity index (χ4v) is 3.83. The lowest BCUT2D eigenvalue weighted by molar-refractivity contribution is -0.128. The summed E-state index contributed by atoms with van der Waals surface area (Å²) in [5.41, 5.74) is 11.4. The highest BCUT2D eigenvalue weighted by Crippen LogP contribution is 2.41. The van der Waals surface area contributed by atoms with Gasteiger partial charge in [0, 0.05) is 18.0 Å². The molecule has 8 heteroatoms. The highest BCUT2D eigenvalue weighted by atomic mass is 35.5. The van der Waals surface area contributed by atoms with E-state index in [0.717, 1.165) is 25.7 Å². The Hall–Kier alpha value is -1.60. The standard InChI is InChI=1S/C15H22N4O3.ClH/c16-13-8-2-1-3-9(13)5-10(4-8)15(21)18-7-11-6-12(14(17)20)19-22-11;/h6,8-10,13H,1-5,7,16H2,(H2,17,20)(H,18,21);1H. The quantitative estimate of drug-likeness (QED) is 0.751. The summed E-state index contributed by atoms with van der Waals surface area (Å²) in [6, 6.07) is 1.71. The number of hydrogen-bond acceptors (Lipinski definition) is 5. The SMILES string of the molecule is Cl.NC(=O)c1cc(CNC(=O)C2CC3CCCC(C2)C3N)on1. The molecule has 2 unspecified atom stereocenters. The molecule has 2 aliphatic rings. The van der Waals surface area contributed by atoms with Gasteiger partial charge in [0.25, 0.3) is 5.91 Å². The summed E-state index contributed by atoms with van der Waals surface area (Å²) in [5.74, 6) is 0.768. The van der Waals surface area contributed by atoms with Crippen molar-refractivity contribution in [3.8, 4) is 0 Å². The van der Waals surface area contributed by atoms with Crippen LogP contribution in [0, 0.1) is 17.8 Å². The number of amides is 2. The third-order valence-electron chi connectivity index (χ3n) is 5.03. The molecule has 0 aromatic carbocycles. The van der Waals surface area contributed by atoms with Gasteiger partial charge in [-0.25, -0.2) is 0 Å². The van der Waals surface area contributed by atoms with E-state index in [-0.39, 0.29) is 42.5 Å². The zero-order valence-electron chi connectivity index (χ0n) is 12.9. The van der Waals surface area contributed by atoms with Crippen molar-refractivity contribution in [2.75, 3.05) is 0 Å². The lowest BCUT2D eigenvalue weighted by Crippen LogP contribution is -2.49. The van der Waals surface area contributed by atoms with Crippen molar-refractivity contribution in [3.05, 3.63) is 17.5 Å². The molecule has 2 fully saturated rings. The predicted octanol–water partition coefficient (Wildman–Crippen LogP) is 0.965. The maximum absolute atomic E-state index is 12.3. The fraction of sp³-hybridized carbons (Fsp3) is 0.667. The number of carbonyl (C=O) groups is 2. The van der Waals surface area contributed by atoms with Crippen LogP contribution < -0.4 is 16.8 Å². The molecule has 1 aromatic rings. The third kappa shape index (κ3) is 3.84. The highest BCUT2D eigenvalue weighted by molar-refractivity contribution is 5.90. The second kappa shape index (κ2) is 7.31.